The van der Waals surface area contributed by atoms with Gasteiger partial charge in [0, 0.05) is 22.3 Å². The molecule has 0 radical (unpaired) electrons. The Bertz CT molecular complexity index is 1180. The molecular weight excluding hydrogens is 416 g/mol. The van der Waals surface area contributed by atoms with Crippen molar-refractivity contribution >= 4 is 35.3 Å². The molecule has 0 atom stereocenters. The zero-order chi connectivity index (χ0) is 21.9. The largest absolute Gasteiger partial charge is 0.298 e. The molecule has 1 aromatic heterocycles. The lowest BCUT2D eigenvalue weighted by Gasteiger charge is -2.20. The summed E-state index contributed by atoms with van der Waals surface area (Å²) in [6.45, 7) is 0. The standard InChI is InChI=1S/C27H24N2O2S/c30-16-18-8-12-20(13-9-18)24-22-6-4-2-1-3-5-7-23(22)25(27-26(24)28-32-29-27)21-14-10-19(17-31)11-15-21/h8-17H,1-7H2. The van der Waals surface area contributed by atoms with Gasteiger partial charge in [0.2, 0.25) is 0 Å². The quantitative estimate of drug-likeness (QED) is 0.331. The third kappa shape index (κ3) is 3.78. The van der Waals surface area contributed by atoms with Crippen LogP contribution in [-0.2, 0) is 12.8 Å². The minimum absolute atomic E-state index is 0.674. The number of carbonyl (C=O) groups is 2. The maximum Gasteiger partial charge on any atom is 0.150 e. The van der Waals surface area contributed by atoms with Gasteiger partial charge in [0.1, 0.15) is 23.6 Å². The summed E-state index contributed by atoms with van der Waals surface area (Å²) >= 11 is 1.25. The number of carbonyl (C=O) groups excluding carboxylic acids is 2. The van der Waals surface area contributed by atoms with Gasteiger partial charge in [0.15, 0.2) is 0 Å². The predicted molar refractivity (Wildman–Crippen MR) is 130 cm³/mol. The van der Waals surface area contributed by atoms with Gasteiger partial charge in [-0.2, -0.15) is 8.75 Å². The van der Waals surface area contributed by atoms with Crippen LogP contribution >= 0.6 is 11.7 Å². The van der Waals surface area contributed by atoms with E-state index in [1.807, 2.05) is 48.5 Å². The summed E-state index contributed by atoms with van der Waals surface area (Å²) in [7, 11) is 0. The van der Waals surface area contributed by atoms with Crippen molar-refractivity contribution in [3.63, 3.8) is 0 Å². The minimum Gasteiger partial charge on any atom is -0.298 e. The number of fused-ring (bicyclic) bond motifs is 2. The molecule has 0 fully saturated rings. The SMILES string of the molecule is O=Cc1ccc(-c2c3c(c(-c4ccc(C=O)cc4)c4nsnc24)CCCCCCC3)cc1. The van der Waals surface area contributed by atoms with Gasteiger partial charge >= 0.3 is 0 Å². The summed E-state index contributed by atoms with van der Waals surface area (Å²) < 4.78 is 9.50. The maximum atomic E-state index is 11.2. The average Bonchev–Trinajstić information content (AvgIpc) is 3.35. The number of hydrogen-bond acceptors (Lipinski definition) is 5. The van der Waals surface area contributed by atoms with E-state index in [-0.39, 0.29) is 0 Å². The van der Waals surface area contributed by atoms with Crippen LogP contribution in [0.2, 0.25) is 0 Å². The molecule has 0 bridgehead atoms. The van der Waals surface area contributed by atoms with Crippen LogP contribution in [0, 0.1) is 0 Å². The van der Waals surface area contributed by atoms with Crippen molar-refractivity contribution in [2.75, 3.05) is 0 Å². The summed E-state index contributed by atoms with van der Waals surface area (Å²) in [5.41, 5.74) is 10.4. The fraction of sp³-hybridized carbons (Fsp3) is 0.259. The molecule has 1 aliphatic rings. The zero-order valence-corrected chi connectivity index (χ0v) is 18.7. The Hall–Kier alpha value is -3.18. The van der Waals surface area contributed by atoms with E-state index in [1.165, 1.54) is 42.1 Å². The first-order valence-corrected chi connectivity index (χ1v) is 11.9. The first kappa shape index (κ1) is 20.7. The van der Waals surface area contributed by atoms with Crippen LogP contribution in [0.15, 0.2) is 48.5 Å². The topological polar surface area (TPSA) is 59.9 Å². The molecule has 1 heterocycles. The van der Waals surface area contributed by atoms with Crippen LogP contribution in [0.4, 0.5) is 0 Å². The summed E-state index contributed by atoms with van der Waals surface area (Å²) in [5.74, 6) is 0. The van der Waals surface area contributed by atoms with E-state index in [2.05, 4.69) is 0 Å². The molecule has 0 saturated carbocycles. The Balaban J connectivity index is 1.81. The molecule has 0 aliphatic heterocycles. The molecule has 5 rings (SSSR count). The molecule has 0 N–H and O–H groups in total. The van der Waals surface area contributed by atoms with E-state index in [0.29, 0.717) is 11.1 Å². The summed E-state index contributed by atoms with van der Waals surface area (Å²) in [4.78, 5) is 22.4. The molecule has 5 heteroatoms. The second-order valence-electron chi connectivity index (χ2n) is 8.42. The molecule has 4 aromatic rings. The van der Waals surface area contributed by atoms with Crippen LogP contribution < -0.4 is 0 Å². The average molecular weight is 441 g/mol. The van der Waals surface area contributed by atoms with Gasteiger partial charge in [-0.25, -0.2) is 0 Å². The third-order valence-electron chi connectivity index (χ3n) is 6.45. The van der Waals surface area contributed by atoms with Crippen LogP contribution in [0.5, 0.6) is 0 Å². The van der Waals surface area contributed by atoms with Gasteiger partial charge in [0.05, 0.1) is 11.7 Å². The highest BCUT2D eigenvalue weighted by molar-refractivity contribution is 7.00. The highest BCUT2D eigenvalue weighted by atomic mass is 32.1. The fourth-order valence-corrected chi connectivity index (χ4v) is 5.43. The van der Waals surface area contributed by atoms with Gasteiger partial charge in [-0.1, -0.05) is 67.8 Å². The molecule has 0 amide bonds. The van der Waals surface area contributed by atoms with Gasteiger partial charge in [-0.15, -0.1) is 0 Å². The number of nitrogens with zero attached hydrogens (tertiary/aromatic N) is 2. The van der Waals surface area contributed by atoms with Crippen LogP contribution in [0.25, 0.3) is 33.3 Å². The third-order valence-corrected chi connectivity index (χ3v) is 6.98. The number of benzene rings is 3. The Morgan fingerprint density at radius 1 is 0.594 bits per heavy atom. The van der Waals surface area contributed by atoms with Crippen molar-refractivity contribution in [2.45, 2.75) is 44.9 Å². The van der Waals surface area contributed by atoms with Gasteiger partial charge in [-0.05, 0) is 47.9 Å². The van der Waals surface area contributed by atoms with Crippen LogP contribution in [0.3, 0.4) is 0 Å². The molecule has 0 spiro atoms. The maximum absolute atomic E-state index is 11.2. The van der Waals surface area contributed by atoms with Crippen LogP contribution in [-0.4, -0.2) is 21.3 Å². The van der Waals surface area contributed by atoms with E-state index in [1.54, 1.807) is 0 Å². The van der Waals surface area contributed by atoms with Crippen molar-refractivity contribution in [3.8, 4) is 22.3 Å². The summed E-state index contributed by atoms with van der Waals surface area (Å²) in [6, 6.07) is 15.6. The number of rotatable bonds is 4. The van der Waals surface area contributed by atoms with Crippen LogP contribution in [0.1, 0.15) is 63.9 Å². The molecule has 4 nitrogen and oxygen atoms in total. The minimum atomic E-state index is 0.674. The fourth-order valence-electron chi connectivity index (χ4n) is 4.87. The van der Waals surface area contributed by atoms with Gasteiger partial charge < -0.3 is 0 Å². The Morgan fingerprint density at radius 2 is 1.00 bits per heavy atom. The second-order valence-corrected chi connectivity index (χ2v) is 8.94. The van der Waals surface area contributed by atoms with Crippen molar-refractivity contribution in [3.05, 3.63) is 70.8 Å². The molecule has 3 aromatic carbocycles. The predicted octanol–water partition coefficient (Wildman–Crippen LogP) is 6.70. The lowest BCUT2D eigenvalue weighted by molar-refractivity contribution is 0.111. The Morgan fingerprint density at radius 3 is 1.41 bits per heavy atom. The van der Waals surface area contributed by atoms with E-state index in [9.17, 15) is 9.59 Å². The van der Waals surface area contributed by atoms with Crippen molar-refractivity contribution < 1.29 is 9.59 Å². The first-order valence-electron chi connectivity index (χ1n) is 11.2. The van der Waals surface area contributed by atoms with Gasteiger partial charge in [-0.3, -0.25) is 9.59 Å². The van der Waals surface area contributed by atoms with Crippen molar-refractivity contribution in [2.24, 2.45) is 0 Å². The summed E-state index contributed by atoms with van der Waals surface area (Å²) in [6.07, 6.45) is 9.82. The Kier molecular flexibility index (Phi) is 5.91. The molecule has 0 saturated heterocycles. The molecule has 160 valence electrons. The number of aldehydes is 2. The lowest BCUT2D eigenvalue weighted by atomic mass is 9.83. The van der Waals surface area contributed by atoms with Crippen molar-refractivity contribution in [1.29, 1.82) is 0 Å². The lowest BCUT2D eigenvalue weighted by Crippen LogP contribution is -2.03. The second kappa shape index (κ2) is 9.13. The number of aromatic nitrogens is 2. The van der Waals surface area contributed by atoms with E-state index in [4.69, 9.17) is 8.75 Å². The monoisotopic (exact) mass is 440 g/mol. The first-order chi connectivity index (χ1) is 15.8. The molecule has 0 unspecified atom stereocenters. The highest BCUT2D eigenvalue weighted by Crippen LogP contribution is 2.43. The van der Waals surface area contributed by atoms with E-state index in [0.717, 1.165) is 71.5 Å². The Labute approximate surface area is 191 Å². The number of hydrogen-bond donors (Lipinski definition) is 0. The van der Waals surface area contributed by atoms with Crippen molar-refractivity contribution in [1.82, 2.24) is 8.75 Å². The van der Waals surface area contributed by atoms with Gasteiger partial charge in [0.25, 0.3) is 0 Å². The zero-order valence-electron chi connectivity index (χ0n) is 17.8. The van der Waals surface area contributed by atoms with E-state index >= 15 is 0 Å². The molecule has 1 aliphatic carbocycles. The smallest absolute Gasteiger partial charge is 0.150 e. The van der Waals surface area contributed by atoms with E-state index < -0.39 is 0 Å². The normalized spacial score (nSPS) is 14.2. The molecular formula is C27H24N2O2S. The molecule has 32 heavy (non-hydrogen) atoms. The summed E-state index contributed by atoms with van der Waals surface area (Å²) in [5, 5.41) is 0. The highest BCUT2D eigenvalue weighted by Gasteiger charge is 2.24.